The van der Waals surface area contributed by atoms with Gasteiger partial charge in [0, 0.05) is 12.1 Å². The Kier molecular flexibility index (Phi) is 6.01. The number of benzene rings is 1. The topological polar surface area (TPSA) is 87.3 Å². The van der Waals surface area contributed by atoms with E-state index in [1.807, 2.05) is 6.92 Å². The van der Waals surface area contributed by atoms with Crippen molar-refractivity contribution in [3.8, 4) is 0 Å². The molecule has 1 aliphatic heterocycles. The molecule has 0 aromatic heterocycles. The van der Waals surface area contributed by atoms with Crippen molar-refractivity contribution in [2.75, 3.05) is 28.9 Å². The van der Waals surface area contributed by atoms with E-state index < -0.39 is 10.0 Å². The SMILES string of the molecule is CCS(=O)(=O)Nc1ccc(NC(=O)CCC2CCNC2)cc1C. The monoisotopic (exact) mass is 339 g/mol. The van der Waals surface area contributed by atoms with E-state index >= 15 is 0 Å². The molecular weight excluding hydrogens is 314 g/mol. The van der Waals surface area contributed by atoms with E-state index in [2.05, 4.69) is 15.4 Å². The van der Waals surface area contributed by atoms with Crippen LogP contribution in [-0.4, -0.2) is 33.2 Å². The van der Waals surface area contributed by atoms with Gasteiger partial charge in [-0.25, -0.2) is 8.42 Å². The van der Waals surface area contributed by atoms with Crippen molar-refractivity contribution < 1.29 is 13.2 Å². The van der Waals surface area contributed by atoms with Gasteiger partial charge in [0.25, 0.3) is 0 Å². The van der Waals surface area contributed by atoms with Gasteiger partial charge in [-0.2, -0.15) is 0 Å². The van der Waals surface area contributed by atoms with E-state index in [-0.39, 0.29) is 11.7 Å². The van der Waals surface area contributed by atoms with Crippen LogP contribution < -0.4 is 15.4 Å². The minimum atomic E-state index is -3.29. The maximum Gasteiger partial charge on any atom is 0.232 e. The molecule has 1 amide bonds. The third kappa shape index (κ3) is 5.51. The Bertz CT molecular complexity index is 653. The normalized spacial score (nSPS) is 17.9. The molecule has 1 heterocycles. The number of hydrogen-bond donors (Lipinski definition) is 3. The van der Waals surface area contributed by atoms with Crippen molar-refractivity contribution in [2.24, 2.45) is 5.92 Å². The molecule has 7 heteroatoms. The van der Waals surface area contributed by atoms with Crippen LogP contribution in [0.15, 0.2) is 18.2 Å². The summed E-state index contributed by atoms with van der Waals surface area (Å²) in [6.07, 6.45) is 2.54. The number of carbonyl (C=O) groups is 1. The van der Waals surface area contributed by atoms with E-state index in [1.165, 1.54) is 0 Å². The lowest BCUT2D eigenvalue weighted by Crippen LogP contribution is -2.16. The molecule has 1 fully saturated rings. The third-order valence-corrected chi connectivity index (χ3v) is 5.39. The van der Waals surface area contributed by atoms with Gasteiger partial charge in [-0.1, -0.05) is 0 Å². The Morgan fingerprint density at radius 1 is 1.39 bits per heavy atom. The molecule has 1 saturated heterocycles. The first-order chi connectivity index (χ1) is 10.9. The van der Waals surface area contributed by atoms with Gasteiger partial charge in [0.2, 0.25) is 15.9 Å². The van der Waals surface area contributed by atoms with E-state index in [9.17, 15) is 13.2 Å². The minimum Gasteiger partial charge on any atom is -0.326 e. The molecule has 6 nitrogen and oxygen atoms in total. The molecule has 1 aromatic rings. The van der Waals surface area contributed by atoms with Crippen LogP contribution in [0, 0.1) is 12.8 Å². The Balaban J connectivity index is 1.90. The number of carbonyl (C=O) groups excluding carboxylic acids is 1. The molecule has 23 heavy (non-hydrogen) atoms. The van der Waals surface area contributed by atoms with Crippen molar-refractivity contribution in [1.29, 1.82) is 0 Å². The maximum atomic E-state index is 12.0. The fraction of sp³-hybridized carbons (Fsp3) is 0.562. The first-order valence-electron chi connectivity index (χ1n) is 8.01. The van der Waals surface area contributed by atoms with Crippen LogP contribution >= 0.6 is 0 Å². The van der Waals surface area contributed by atoms with Gasteiger partial charge < -0.3 is 10.6 Å². The Morgan fingerprint density at radius 3 is 2.78 bits per heavy atom. The zero-order chi connectivity index (χ0) is 16.9. The first kappa shape index (κ1) is 17.7. The quantitative estimate of drug-likeness (QED) is 0.710. The van der Waals surface area contributed by atoms with E-state index in [0.717, 1.165) is 31.5 Å². The highest BCUT2D eigenvalue weighted by atomic mass is 32.2. The third-order valence-electron chi connectivity index (χ3n) is 4.10. The predicted octanol–water partition coefficient (Wildman–Crippen LogP) is 2.08. The number of sulfonamides is 1. The number of nitrogens with one attached hydrogen (secondary N) is 3. The van der Waals surface area contributed by atoms with Gasteiger partial charge in [-0.3, -0.25) is 9.52 Å². The molecule has 0 bridgehead atoms. The molecule has 1 aliphatic rings. The molecule has 2 rings (SSSR count). The van der Waals surface area contributed by atoms with Crippen LogP contribution in [0.25, 0.3) is 0 Å². The molecule has 0 aliphatic carbocycles. The molecule has 0 saturated carbocycles. The molecule has 0 radical (unpaired) electrons. The van der Waals surface area contributed by atoms with Crippen LogP contribution in [0.2, 0.25) is 0 Å². The summed E-state index contributed by atoms with van der Waals surface area (Å²) < 4.78 is 25.7. The summed E-state index contributed by atoms with van der Waals surface area (Å²) in [5.74, 6) is 0.618. The van der Waals surface area contributed by atoms with Crippen molar-refractivity contribution in [3.63, 3.8) is 0 Å². The van der Waals surface area contributed by atoms with Gasteiger partial charge in [-0.15, -0.1) is 0 Å². The summed E-state index contributed by atoms with van der Waals surface area (Å²) >= 11 is 0. The number of amides is 1. The molecule has 0 spiro atoms. The second-order valence-corrected chi connectivity index (χ2v) is 7.99. The van der Waals surface area contributed by atoms with Gasteiger partial charge >= 0.3 is 0 Å². The van der Waals surface area contributed by atoms with Crippen molar-refractivity contribution in [2.45, 2.75) is 33.1 Å². The predicted molar refractivity (Wildman–Crippen MR) is 93.1 cm³/mol. The largest absolute Gasteiger partial charge is 0.326 e. The van der Waals surface area contributed by atoms with Gasteiger partial charge in [0.1, 0.15) is 0 Å². The minimum absolute atomic E-state index is 0.00168. The summed E-state index contributed by atoms with van der Waals surface area (Å²) in [6.45, 7) is 5.44. The molecule has 1 unspecified atom stereocenters. The maximum absolute atomic E-state index is 12.0. The van der Waals surface area contributed by atoms with Crippen LogP contribution in [0.1, 0.15) is 31.7 Å². The highest BCUT2D eigenvalue weighted by Gasteiger charge is 2.16. The lowest BCUT2D eigenvalue weighted by molar-refractivity contribution is -0.116. The summed E-state index contributed by atoms with van der Waals surface area (Å²) in [6, 6.07) is 5.18. The molecule has 128 valence electrons. The summed E-state index contributed by atoms with van der Waals surface area (Å²) in [5.41, 5.74) is 2.01. The Morgan fingerprint density at radius 2 is 2.17 bits per heavy atom. The fourth-order valence-corrected chi connectivity index (χ4v) is 3.32. The number of hydrogen-bond acceptors (Lipinski definition) is 4. The Hall–Kier alpha value is -1.60. The van der Waals surface area contributed by atoms with Crippen molar-refractivity contribution in [3.05, 3.63) is 23.8 Å². The number of rotatable bonds is 7. The number of aryl methyl sites for hydroxylation is 1. The zero-order valence-electron chi connectivity index (χ0n) is 13.7. The lowest BCUT2D eigenvalue weighted by Gasteiger charge is -2.12. The summed E-state index contributed by atoms with van der Waals surface area (Å²) in [7, 11) is -3.29. The van der Waals surface area contributed by atoms with E-state index in [1.54, 1.807) is 25.1 Å². The van der Waals surface area contributed by atoms with Crippen LogP contribution in [0.3, 0.4) is 0 Å². The van der Waals surface area contributed by atoms with Gasteiger partial charge in [0.05, 0.1) is 11.4 Å². The van der Waals surface area contributed by atoms with E-state index in [0.29, 0.717) is 23.7 Å². The fourth-order valence-electron chi connectivity index (χ4n) is 2.62. The van der Waals surface area contributed by atoms with E-state index in [4.69, 9.17) is 0 Å². The molecular formula is C16H25N3O3S. The second kappa shape index (κ2) is 7.79. The van der Waals surface area contributed by atoms with Crippen LogP contribution in [0.4, 0.5) is 11.4 Å². The van der Waals surface area contributed by atoms with Crippen LogP contribution in [-0.2, 0) is 14.8 Å². The lowest BCUT2D eigenvalue weighted by atomic mass is 10.0. The molecule has 1 aromatic carbocycles. The number of anilines is 2. The standard InChI is InChI=1S/C16H25N3O3S/c1-3-23(21,22)19-15-6-5-14(10-12(15)2)18-16(20)7-4-13-8-9-17-11-13/h5-6,10,13,17,19H,3-4,7-9,11H2,1-2H3,(H,18,20). The Labute approximate surface area is 138 Å². The summed E-state index contributed by atoms with van der Waals surface area (Å²) in [4.78, 5) is 12.0. The highest BCUT2D eigenvalue weighted by Crippen LogP contribution is 2.21. The average molecular weight is 339 g/mol. The van der Waals surface area contributed by atoms with Crippen LogP contribution in [0.5, 0.6) is 0 Å². The second-order valence-electron chi connectivity index (χ2n) is 5.98. The van der Waals surface area contributed by atoms with Gasteiger partial charge in [-0.05, 0) is 69.5 Å². The smallest absolute Gasteiger partial charge is 0.232 e. The molecule has 1 atom stereocenters. The van der Waals surface area contributed by atoms with Gasteiger partial charge in [0.15, 0.2) is 0 Å². The van der Waals surface area contributed by atoms with Crippen molar-refractivity contribution >= 4 is 27.3 Å². The zero-order valence-corrected chi connectivity index (χ0v) is 14.5. The molecule has 3 N–H and O–H groups in total. The highest BCUT2D eigenvalue weighted by molar-refractivity contribution is 7.92. The average Bonchev–Trinajstić information content (AvgIpc) is 3.01. The summed E-state index contributed by atoms with van der Waals surface area (Å²) in [5, 5.41) is 6.17. The first-order valence-corrected chi connectivity index (χ1v) is 9.66. The van der Waals surface area contributed by atoms with Crippen molar-refractivity contribution in [1.82, 2.24) is 5.32 Å².